The summed E-state index contributed by atoms with van der Waals surface area (Å²) < 4.78 is 31.4. The standard InChI is InChI=1S/C7H8ClNO.CH3ClO3S/c1-10-7-3-2-5(9)4-6(7)8;2-1-6(3,4)5/h2-4H,9H2,1H3;1H2,(H,3,4,5). The van der Waals surface area contributed by atoms with Crippen molar-refractivity contribution in [3.05, 3.63) is 23.2 Å². The highest BCUT2D eigenvalue weighted by atomic mass is 35.5. The molecule has 0 amide bonds. The molecule has 0 heterocycles. The number of halogens is 2. The van der Waals surface area contributed by atoms with Crippen molar-refractivity contribution in [3.8, 4) is 5.75 Å². The predicted octanol–water partition coefficient (Wildman–Crippen LogP) is 2.00. The molecule has 0 aromatic heterocycles. The van der Waals surface area contributed by atoms with Crippen molar-refractivity contribution >= 4 is 39.0 Å². The number of benzene rings is 1. The molecular weight excluding hydrogens is 277 g/mol. The van der Waals surface area contributed by atoms with Crippen molar-refractivity contribution in [1.29, 1.82) is 0 Å². The zero-order valence-corrected chi connectivity index (χ0v) is 10.7. The second kappa shape index (κ2) is 6.80. The third-order valence-corrected chi connectivity index (χ3v) is 2.71. The summed E-state index contributed by atoms with van der Waals surface area (Å²) in [6.07, 6.45) is 0. The first-order chi connectivity index (χ1) is 7.30. The van der Waals surface area contributed by atoms with Crippen LogP contribution in [0.25, 0.3) is 0 Å². The number of ether oxygens (including phenoxy) is 1. The van der Waals surface area contributed by atoms with Crippen LogP contribution in [0.3, 0.4) is 0 Å². The van der Waals surface area contributed by atoms with Crippen LogP contribution in [0.2, 0.25) is 5.02 Å². The van der Waals surface area contributed by atoms with Crippen LogP contribution in [0.15, 0.2) is 18.2 Å². The molecule has 0 aliphatic carbocycles. The summed E-state index contributed by atoms with van der Waals surface area (Å²) in [5.41, 5.74) is 6.09. The molecule has 1 rings (SSSR count). The molecule has 1 aromatic rings. The van der Waals surface area contributed by atoms with Crippen LogP contribution in [0.1, 0.15) is 0 Å². The zero-order valence-electron chi connectivity index (χ0n) is 8.35. The SMILES string of the molecule is COc1ccc(N)cc1Cl.O=S(=O)(O)CCl. The van der Waals surface area contributed by atoms with E-state index in [2.05, 4.69) is 11.6 Å². The van der Waals surface area contributed by atoms with Crippen molar-refractivity contribution in [2.24, 2.45) is 0 Å². The highest BCUT2D eigenvalue weighted by molar-refractivity contribution is 7.87. The van der Waals surface area contributed by atoms with E-state index in [1.165, 1.54) is 0 Å². The minimum atomic E-state index is -3.90. The van der Waals surface area contributed by atoms with Crippen molar-refractivity contribution in [2.45, 2.75) is 0 Å². The van der Waals surface area contributed by atoms with E-state index in [1.807, 2.05) is 0 Å². The van der Waals surface area contributed by atoms with E-state index in [4.69, 9.17) is 26.6 Å². The quantitative estimate of drug-likeness (QED) is 0.493. The van der Waals surface area contributed by atoms with Crippen LogP contribution >= 0.6 is 23.2 Å². The number of nitrogen functional groups attached to an aromatic ring is 1. The highest BCUT2D eigenvalue weighted by Crippen LogP contribution is 2.25. The summed E-state index contributed by atoms with van der Waals surface area (Å²) >= 11 is 10.4. The maximum Gasteiger partial charge on any atom is 0.279 e. The molecule has 0 aliphatic rings. The molecule has 0 fully saturated rings. The van der Waals surface area contributed by atoms with E-state index in [-0.39, 0.29) is 0 Å². The van der Waals surface area contributed by atoms with Crippen molar-refractivity contribution in [1.82, 2.24) is 0 Å². The summed E-state index contributed by atoms with van der Waals surface area (Å²) in [5, 5.41) is -0.185. The van der Waals surface area contributed by atoms with Gasteiger partial charge in [0, 0.05) is 5.69 Å². The minimum Gasteiger partial charge on any atom is -0.495 e. The fraction of sp³-hybridized carbons (Fsp3) is 0.250. The monoisotopic (exact) mass is 287 g/mol. The highest BCUT2D eigenvalue weighted by Gasteiger charge is 1.97. The largest absolute Gasteiger partial charge is 0.495 e. The number of alkyl halides is 1. The molecule has 0 saturated carbocycles. The topological polar surface area (TPSA) is 89.6 Å². The average molecular weight is 288 g/mol. The van der Waals surface area contributed by atoms with Crippen LogP contribution in [0.4, 0.5) is 5.69 Å². The molecule has 0 aliphatic heterocycles. The van der Waals surface area contributed by atoms with Gasteiger partial charge in [0.1, 0.15) is 11.0 Å². The van der Waals surface area contributed by atoms with Gasteiger partial charge in [0.05, 0.1) is 12.1 Å². The lowest BCUT2D eigenvalue weighted by Crippen LogP contribution is -1.95. The Morgan fingerprint density at radius 1 is 1.50 bits per heavy atom. The predicted molar refractivity (Wildman–Crippen MR) is 64.7 cm³/mol. The number of methoxy groups -OCH3 is 1. The molecular formula is C8H11Cl2NO4S. The van der Waals surface area contributed by atoms with Gasteiger partial charge >= 0.3 is 0 Å². The normalized spacial score (nSPS) is 10.2. The van der Waals surface area contributed by atoms with E-state index < -0.39 is 15.3 Å². The van der Waals surface area contributed by atoms with Crippen LogP contribution in [-0.4, -0.2) is 25.3 Å². The molecule has 92 valence electrons. The third kappa shape index (κ3) is 6.73. The second-order valence-corrected chi connectivity index (χ2v) is 5.03. The van der Waals surface area contributed by atoms with Crippen molar-refractivity contribution < 1.29 is 17.7 Å². The number of rotatable bonds is 2. The molecule has 5 nitrogen and oxygen atoms in total. The molecule has 0 spiro atoms. The molecule has 1 aromatic carbocycles. The summed E-state index contributed by atoms with van der Waals surface area (Å²) in [7, 11) is -2.33. The molecule has 0 unspecified atom stereocenters. The lowest BCUT2D eigenvalue weighted by atomic mass is 10.3. The van der Waals surface area contributed by atoms with Gasteiger partial charge in [-0.1, -0.05) is 11.6 Å². The average Bonchev–Trinajstić information content (AvgIpc) is 2.18. The third-order valence-electron chi connectivity index (χ3n) is 1.31. The molecule has 3 N–H and O–H groups in total. The molecule has 0 bridgehead atoms. The van der Waals surface area contributed by atoms with Crippen LogP contribution in [0.5, 0.6) is 5.75 Å². The second-order valence-electron chi connectivity index (χ2n) is 2.59. The van der Waals surface area contributed by atoms with E-state index in [0.29, 0.717) is 16.5 Å². The Morgan fingerprint density at radius 3 is 2.31 bits per heavy atom. The Bertz CT molecular complexity index is 436. The maximum atomic E-state index is 9.42. The number of hydrogen-bond acceptors (Lipinski definition) is 4. The smallest absolute Gasteiger partial charge is 0.279 e. The first-order valence-corrected chi connectivity index (χ1v) is 6.42. The molecule has 0 radical (unpaired) electrons. The van der Waals surface area contributed by atoms with Crippen molar-refractivity contribution in [3.63, 3.8) is 0 Å². The van der Waals surface area contributed by atoms with E-state index in [0.717, 1.165) is 0 Å². The van der Waals surface area contributed by atoms with Crippen LogP contribution in [-0.2, 0) is 10.1 Å². The number of anilines is 1. The molecule has 0 saturated heterocycles. The Hall–Kier alpha value is -0.690. The van der Waals surface area contributed by atoms with Gasteiger partial charge in [0.25, 0.3) is 10.1 Å². The Kier molecular flexibility index (Phi) is 6.51. The van der Waals surface area contributed by atoms with Gasteiger partial charge < -0.3 is 10.5 Å². The first-order valence-electron chi connectivity index (χ1n) is 3.90. The lowest BCUT2D eigenvalue weighted by Gasteiger charge is -2.01. The van der Waals surface area contributed by atoms with Gasteiger partial charge in [-0.25, -0.2) is 0 Å². The van der Waals surface area contributed by atoms with Gasteiger partial charge in [-0.05, 0) is 18.2 Å². The van der Waals surface area contributed by atoms with E-state index in [1.54, 1.807) is 25.3 Å². The summed E-state index contributed by atoms with van der Waals surface area (Å²) in [5.74, 6) is 0.649. The minimum absolute atomic E-state index is 0.544. The fourth-order valence-electron chi connectivity index (χ4n) is 0.683. The maximum absolute atomic E-state index is 9.42. The van der Waals surface area contributed by atoms with Gasteiger partial charge in [0.15, 0.2) is 0 Å². The van der Waals surface area contributed by atoms with Gasteiger partial charge in [-0.3, -0.25) is 4.55 Å². The molecule has 16 heavy (non-hydrogen) atoms. The summed E-state index contributed by atoms with van der Waals surface area (Å²) in [6, 6.07) is 5.13. The van der Waals surface area contributed by atoms with E-state index in [9.17, 15) is 8.42 Å². The van der Waals surface area contributed by atoms with Gasteiger partial charge in [0.2, 0.25) is 0 Å². The summed E-state index contributed by atoms with van der Waals surface area (Å²) in [4.78, 5) is 0. The van der Waals surface area contributed by atoms with Crippen LogP contribution in [0, 0.1) is 0 Å². The number of nitrogens with two attached hydrogens (primary N) is 1. The number of hydrogen-bond donors (Lipinski definition) is 2. The van der Waals surface area contributed by atoms with Gasteiger partial charge in [-0.15, -0.1) is 11.6 Å². The van der Waals surface area contributed by atoms with Crippen molar-refractivity contribution in [2.75, 3.05) is 18.1 Å². The Balaban J connectivity index is 0.000000325. The Morgan fingerprint density at radius 2 is 2.00 bits per heavy atom. The zero-order chi connectivity index (χ0) is 12.8. The fourth-order valence-corrected chi connectivity index (χ4v) is 0.949. The summed E-state index contributed by atoms with van der Waals surface area (Å²) in [6.45, 7) is 0. The molecule has 0 atom stereocenters. The van der Waals surface area contributed by atoms with Gasteiger partial charge in [-0.2, -0.15) is 8.42 Å². The Labute approximate surface area is 104 Å². The van der Waals surface area contributed by atoms with E-state index >= 15 is 0 Å². The van der Waals surface area contributed by atoms with Crippen LogP contribution < -0.4 is 10.5 Å². The first kappa shape index (κ1) is 15.3. The lowest BCUT2D eigenvalue weighted by molar-refractivity contribution is 0.415. The molecule has 8 heteroatoms.